The van der Waals surface area contributed by atoms with E-state index in [9.17, 15) is 9.59 Å². The van der Waals surface area contributed by atoms with Gasteiger partial charge in [-0.15, -0.1) is 0 Å². The Bertz CT molecular complexity index is 1230. The largest absolute Gasteiger partial charge is 0.457 e. The summed E-state index contributed by atoms with van der Waals surface area (Å²) in [5.74, 6) is 0.945. The fraction of sp³-hybridized carbons (Fsp3) is 0.192. The average Bonchev–Trinajstić information content (AvgIpc) is 3.11. The van der Waals surface area contributed by atoms with Gasteiger partial charge in [0.15, 0.2) is 5.17 Å². The number of aliphatic imine (C=N–C) groups is 1. The summed E-state index contributed by atoms with van der Waals surface area (Å²) in [6, 6.07) is 22.1. The summed E-state index contributed by atoms with van der Waals surface area (Å²) < 4.78 is 5.83. The summed E-state index contributed by atoms with van der Waals surface area (Å²) >= 11 is 7.51. The van der Waals surface area contributed by atoms with E-state index in [-0.39, 0.29) is 18.2 Å². The van der Waals surface area contributed by atoms with Gasteiger partial charge in [-0.05, 0) is 55.8 Å². The second-order valence-corrected chi connectivity index (χ2v) is 9.24. The summed E-state index contributed by atoms with van der Waals surface area (Å²) in [6.07, 6.45) is 0.0390. The first kappa shape index (κ1) is 23.9. The number of para-hydroxylation sites is 1. The second kappa shape index (κ2) is 10.8. The van der Waals surface area contributed by atoms with Crippen molar-refractivity contribution >= 4 is 51.7 Å². The second-order valence-electron chi connectivity index (χ2n) is 7.66. The Kier molecular flexibility index (Phi) is 7.55. The molecular formula is C26H24ClN3O3S. The van der Waals surface area contributed by atoms with Gasteiger partial charge in [0, 0.05) is 29.7 Å². The Balaban J connectivity index is 1.43. The number of carbonyl (C=O) groups is 2. The third kappa shape index (κ3) is 5.61. The van der Waals surface area contributed by atoms with Crippen molar-refractivity contribution in [3.63, 3.8) is 0 Å². The summed E-state index contributed by atoms with van der Waals surface area (Å²) in [5, 5.41) is 3.53. The predicted molar refractivity (Wildman–Crippen MR) is 138 cm³/mol. The number of rotatable bonds is 7. The lowest BCUT2D eigenvalue weighted by atomic mass is 10.2. The number of ether oxygens (including phenoxy) is 1. The van der Waals surface area contributed by atoms with Gasteiger partial charge < -0.3 is 10.1 Å². The van der Waals surface area contributed by atoms with Gasteiger partial charge in [-0.3, -0.25) is 14.5 Å². The SMILES string of the molecule is CCN1C(=O)C(CC(=O)Nc2cccc(Oc3ccccc3)c2)SC1=Nc1cccc(Cl)c1C. The van der Waals surface area contributed by atoms with Gasteiger partial charge in [-0.25, -0.2) is 4.99 Å². The minimum Gasteiger partial charge on any atom is -0.457 e. The molecule has 1 saturated heterocycles. The lowest BCUT2D eigenvalue weighted by Gasteiger charge is -2.14. The van der Waals surface area contributed by atoms with Crippen LogP contribution in [0.25, 0.3) is 0 Å². The van der Waals surface area contributed by atoms with E-state index in [1.165, 1.54) is 11.8 Å². The lowest BCUT2D eigenvalue weighted by molar-refractivity contribution is -0.128. The van der Waals surface area contributed by atoms with E-state index in [4.69, 9.17) is 16.3 Å². The van der Waals surface area contributed by atoms with E-state index >= 15 is 0 Å². The van der Waals surface area contributed by atoms with Crippen LogP contribution in [-0.2, 0) is 9.59 Å². The van der Waals surface area contributed by atoms with Crippen LogP contribution in [0.4, 0.5) is 11.4 Å². The molecule has 174 valence electrons. The fourth-order valence-electron chi connectivity index (χ4n) is 3.48. The highest BCUT2D eigenvalue weighted by molar-refractivity contribution is 8.15. The molecule has 1 atom stereocenters. The van der Waals surface area contributed by atoms with E-state index < -0.39 is 5.25 Å². The van der Waals surface area contributed by atoms with E-state index in [0.29, 0.717) is 39.6 Å². The molecule has 0 bridgehead atoms. The van der Waals surface area contributed by atoms with Crippen LogP contribution in [-0.4, -0.2) is 33.7 Å². The van der Waals surface area contributed by atoms with Crippen molar-refractivity contribution < 1.29 is 14.3 Å². The number of benzene rings is 3. The number of thioether (sulfide) groups is 1. The number of halogens is 1. The van der Waals surface area contributed by atoms with Crippen molar-refractivity contribution in [2.75, 3.05) is 11.9 Å². The first-order valence-electron chi connectivity index (χ1n) is 10.9. The van der Waals surface area contributed by atoms with Crippen LogP contribution in [0, 0.1) is 6.92 Å². The van der Waals surface area contributed by atoms with Gasteiger partial charge in [0.2, 0.25) is 11.8 Å². The van der Waals surface area contributed by atoms with Crippen LogP contribution < -0.4 is 10.1 Å². The monoisotopic (exact) mass is 493 g/mol. The van der Waals surface area contributed by atoms with Crippen LogP contribution in [0.1, 0.15) is 18.9 Å². The fourth-order valence-corrected chi connectivity index (χ4v) is 4.86. The van der Waals surface area contributed by atoms with Gasteiger partial charge in [-0.1, -0.05) is 53.7 Å². The van der Waals surface area contributed by atoms with Crippen LogP contribution >= 0.6 is 23.4 Å². The molecule has 8 heteroatoms. The molecule has 3 aromatic rings. The lowest BCUT2D eigenvalue weighted by Crippen LogP contribution is -2.33. The highest BCUT2D eigenvalue weighted by Crippen LogP contribution is 2.34. The third-order valence-corrected chi connectivity index (χ3v) is 6.84. The molecule has 6 nitrogen and oxygen atoms in total. The van der Waals surface area contributed by atoms with Gasteiger partial charge in [0.1, 0.15) is 16.7 Å². The molecular weight excluding hydrogens is 470 g/mol. The molecule has 0 spiro atoms. The van der Waals surface area contributed by atoms with Crippen molar-refractivity contribution in [2.45, 2.75) is 25.5 Å². The quantitative estimate of drug-likeness (QED) is 0.412. The number of amides is 2. The minimum atomic E-state index is -0.540. The van der Waals surface area contributed by atoms with Crippen molar-refractivity contribution in [1.82, 2.24) is 4.90 Å². The van der Waals surface area contributed by atoms with E-state index in [1.807, 2.05) is 62.4 Å². The maximum absolute atomic E-state index is 12.9. The number of nitrogens with zero attached hydrogens (tertiary/aromatic N) is 2. The van der Waals surface area contributed by atoms with Gasteiger partial charge in [0.25, 0.3) is 0 Å². The minimum absolute atomic E-state index is 0.0390. The number of hydrogen-bond acceptors (Lipinski definition) is 5. The zero-order chi connectivity index (χ0) is 24.1. The van der Waals surface area contributed by atoms with Crippen molar-refractivity contribution in [3.8, 4) is 11.5 Å². The molecule has 1 aliphatic heterocycles. The molecule has 0 aromatic heterocycles. The van der Waals surface area contributed by atoms with Crippen LogP contribution in [0.15, 0.2) is 77.8 Å². The first-order valence-corrected chi connectivity index (χ1v) is 12.1. The topological polar surface area (TPSA) is 71.0 Å². The Labute approximate surface area is 208 Å². The molecule has 1 fully saturated rings. The Morgan fingerprint density at radius 1 is 1.09 bits per heavy atom. The Hall–Kier alpha value is -3.29. The number of nitrogens with one attached hydrogen (secondary N) is 1. The number of hydrogen-bond donors (Lipinski definition) is 1. The normalized spacial score (nSPS) is 16.7. The molecule has 1 unspecified atom stereocenters. The third-order valence-electron chi connectivity index (χ3n) is 5.26. The van der Waals surface area contributed by atoms with Gasteiger partial charge in [0.05, 0.1) is 5.69 Å². The van der Waals surface area contributed by atoms with Gasteiger partial charge >= 0.3 is 0 Å². The van der Waals surface area contributed by atoms with Crippen LogP contribution in [0.3, 0.4) is 0 Å². The average molecular weight is 494 g/mol. The van der Waals surface area contributed by atoms with Crippen molar-refractivity contribution in [3.05, 3.63) is 83.4 Å². The van der Waals surface area contributed by atoms with Gasteiger partial charge in [-0.2, -0.15) is 0 Å². The Morgan fingerprint density at radius 2 is 1.82 bits per heavy atom. The number of anilines is 1. The van der Waals surface area contributed by atoms with E-state index in [2.05, 4.69) is 10.3 Å². The maximum atomic E-state index is 12.9. The van der Waals surface area contributed by atoms with Crippen molar-refractivity contribution in [2.24, 2.45) is 4.99 Å². The highest BCUT2D eigenvalue weighted by Gasteiger charge is 2.38. The zero-order valence-electron chi connectivity index (χ0n) is 18.8. The van der Waals surface area contributed by atoms with Crippen LogP contribution in [0.5, 0.6) is 11.5 Å². The number of amidine groups is 1. The molecule has 4 rings (SSSR count). The summed E-state index contributed by atoms with van der Waals surface area (Å²) in [4.78, 5) is 32.0. The first-order chi connectivity index (χ1) is 16.4. The zero-order valence-corrected chi connectivity index (χ0v) is 20.4. The van der Waals surface area contributed by atoms with Crippen LogP contribution in [0.2, 0.25) is 5.02 Å². The molecule has 1 heterocycles. The van der Waals surface area contributed by atoms with Crippen molar-refractivity contribution in [1.29, 1.82) is 0 Å². The molecule has 3 aromatic carbocycles. The highest BCUT2D eigenvalue weighted by atomic mass is 35.5. The predicted octanol–water partition coefficient (Wildman–Crippen LogP) is 6.42. The summed E-state index contributed by atoms with van der Waals surface area (Å²) in [7, 11) is 0. The molecule has 0 saturated carbocycles. The summed E-state index contributed by atoms with van der Waals surface area (Å²) in [5.41, 5.74) is 2.16. The molecule has 1 aliphatic rings. The molecule has 0 radical (unpaired) electrons. The molecule has 34 heavy (non-hydrogen) atoms. The summed E-state index contributed by atoms with van der Waals surface area (Å²) in [6.45, 7) is 4.25. The maximum Gasteiger partial charge on any atom is 0.242 e. The molecule has 1 N–H and O–H groups in total. The van der Waals surface area contributed by atoms with E-state index in [0.717, 1.165) is 5.56 Å². The smallest absolute Gasteiger partial charge is 0.242 e. The van der Waals surface area contributed by atoms with E-state index in [1.54, 1.807) is 29.2 Å². The number of carbonyl (C=O) groups excluding carboxylic acids is 2. The molecule has 2 amide bonds. The standard InChI is InChI=1S/C26H24ClN3O3S/c1-3-30-25(32)23(34-26(30)29-22-14-8-13-21(27)17(22)2)16-24(31)28-18-9-7-12-20(15-18)33-19-10-5-4-6-11-19/h4-15,23H,3,16H2,1-2H3,(H,28,31). The Morgan fingerprint density at radius 3 is 2.59 bits per heavy atom. The molecule has 0 aliphatic carbocycles.